The summed E-state index contributed by atoms with van der Waals surface area (Å²) in [5.74, 6) is 1.03. The van der Waals surface area contributed by atoms with Crippen molar-refractivity contribution in [3.8, 4) is 0 Å². The highest BCUT2D eigenvalue weighted by molar-refractivity contribution is 7.89. The average molecular weight is 282 g/mol. The molecule has 0 aromatic heterocycles. The van der Waals surface area contributed by atoms with Crippen LogP contribution in [0.1, 0.15) is 32.6 Å². The maximum atomic E-state index is 12.2. The zero-order chi connectivity index (χ0) is 13.9. The van der Waals surface area contributed by atoms with E-state index in [0.29, 0.717) is 24.1 Å². The van der Waals surface area contributed by atoms with Gasteiger partial charge < -0.3 is 5.73 Å². The van der Waals surface area contributed by atoms with Crippen LogP contribution in [-0.2, 0) is 10.0 Å². The lowest BCUT2D eigenvalue weighted by atomic mass is 9.81. The van der Waals surface area contributed by atoms with Gasteiger partial charge in [0.25, 0.3) is 0 Å². The number of para-hydroxylation sites is 1. The molecule has 1 aliphatic rings. The van der Waals surface area contributed by atoms with Gasteiger partial charge in [-0.15, -0.1) is 0 Å². The third-order valence-corrected chi connectivity index (χ3v) is 5.53. The van der Waals surface area contributed by atoms with E-state index in [2.05, 4.69) is 11.6 Å². The monoisotopic (exact) mass is 282 g/mol. The molecule has 2 unspecified atom stereocenters. The highest BCUT2D eigenvalue weighted by Crippen LogP contribution is 2.29. The van der Waals surface area contributed by atoms with Crippen molar-refractivity contribution in [2.24, 2.45) is 11.8 Å². The van der Waals surface area contributed by atoms with E-state index in [1.807, 2.05) is 0 Å². The first-order valence-corrected chi connectivity index (χ1v) is 8.33. The van der Waals surface area contributed by atoms with Crippen molar-refractivity contribution in [1.29, 1.82) is 0 Å². The molecule has 19 heavy (non-hydrogen) atoms. The van der Waals surface area contributed by atoms with Gasteiger partial charge in [0.05, 0.1) is 5.69 Å². The Morgan fingerprint density at radius 3 is 2.63 bits per heavy atom. The smallest absolute Gasteiger partial charge is 0.242 e. The zero-order valence-electron chi connectivity index (χ0n) is 11.3. The maximum absolute atomic E-state index is 12.2. The molecule has 0 aliphatic heterocycles. The van der Waals surface area contributed by atoms with Crippen LogP contribution < -0.4 is 10.5 Å². The topological polar surface area (TPSA) is 72.2 Å². The molecule has 1 aromatic rings. The standard InChI is InChI=1S/C14H22N2O2S/c1-11-6-2-3-7-12(11)10-16-19(17,18)14-9-5-4-8-13(14)15/h4-5,8-9,11-12,16H,2-3,6-7,10,15H2,1H3. The number of benzene rings is 1. The third kappa shape index (κ3) is 3.48. The summed E-state index contributed by atoms with van der Waals surface area (Å²) >= 11 is 0. The molecule has 5 heteroatoms. The van der Waals surface area contributed by atoms with E-state index in [1.165, 1.54) is 19.3 Å². The van der Waals surface area contributed by atoms with Crippen LogP contribution in [-0.4, -0.2) is 15.0 Å². The third-order valence-electron chi connectivity index (χ3n) is 4.03. The Hall–Kier alpha value is -1.07. The lowest BCUT2D eigenvalue weighted by Crippen LogP contribution is -2.33. The highest BCUT2D eigenvalue weighted by Gasteiger charge is 2.24. The number of sulfonamides is 1. The number of anilines is 1. The van der Waals surface area contributed by atoms with Gasteiger partial charge in [-0.25, -0.2) is 13.1 Å². The average Bonchev–Trinajstić information content (AvgIpc) is 2.38. The molecule has 0 saturated heterocycles. The van der Waals surface area contributed by atoms with Gasteiger partial charge in [0, 0.05) is 6.54 Å². The summed E-state index contributed by atoms with van der Waals surface area (Å²) in [6, 6.07) is 6.57. The fourth-order valence-electron chi connectivity index (χ4n) is 2.72. The molecule has 0 heterocycles. The Labute approximate surface area is 115 Å². The van der Waals surface area contributed by atoms with Gasteiger partial charge in [-0.3, -0.25) is 0 Å². The molecule has 4 nitrogen and oxygen atoms in total. The van der Waals surface area contributed by atoms with Crippen molar-refractivity contribution in [3.63, 3.8) is 0 Å². The molecule has 0 radical (unpaired) electrons. The SMILES string of the molecule is CC1CCCCC1CNS(=O)(=O)c1ccccc1N. The van der Waals surface area contributed by atoms with Crippen LogP contribution in [0, 0.1) is 11.8 Å². The molecular weight excluding hydrogens is 260 g/mol. The highest BCUT2D eigenvalue weighted by atomic mass is 32.2. The fraction of sp³-hybridized carbons (Fsp3) is 0.571. The summed E-state index contributed by atoms with van der Waals surface area (Å²) in [4.78, 5) is 0.179. The number of nitrogens with two attached hydrogens (primary N) is 1. The van der Waals surface area contributed by atoms with Crippen molar-refractivity contribution in [2.75, 3.05) is 12.3 Å². The van der Waals surface area contributed by atoms with Crippen molar-refractivity contribution in [1.82, 2.24) is 4.72 Å². The van der Waals surface area contributed by atoms with Gasteiger partial charge in [-0.1, -0.05) is 38.3 Å². The number of nitrogen functional groups attached to an aromatic ring is 1. The van der Waals surface area contributed by atoms with E-state index in [0.717, 1.165) is 6.42 Å². The van der Waals surface area contributed by atoms with Crippen LogP contribution in [0.5, 0.6) is 0 Å². The molecule has 2 atom stereocenters. The van der Waals surface area contributed by atoms with Gasteiger partial charge in [0.15, 0.2) is 0 Å². The number of rotatable bonds is 4. The minimum atomic E-state index is -3.49. The number of hydrogen-bond acceptors (Lipinski definition) is 3. The van der Waals surface area contributed by atoms with Crippen LogP contribution in [0.2, 0.25) is 0 Å². The number of hydrogen-bond donors (Lipinski definition) is 2. The summed E-state index contributed by atoms with van der Waals surface area (Å²) in [6.45, 7) is 2.72. The predicted octanol–water partition coefficient (Wildman–Crippen LogP) is 2.37. The predicted molar refractivity (Wildman–Crippen MR) is 77.2 cm³/mol. The molecule has 106 valence electrons. The minimum absolute atomic E-state index is 0.179. The van der Waals surface area contributed by atoms with Gasteiger partial charge in [-0.2, -0.15) is 0 Å². The van der Waals surface area contributed by atoms with Crippen LogP contribution in [0.15, 0.2) is 29.2 Å². The second-order valence-corrected chi connectivity index (χ2v) is 7.15. The Morgan fingerprint density at radius 1 is 1.26 bits per heavy atom. The Balaban J connectivity index is 2.04. The fourth-order valence-corrected chi connectivity index (χ4v) is 3.94. The van der Waals surface area contributed by atoms with Crippen LogP contribution >= 0.6 is 0 Å². The Kier molecular flexibility index (Phi) is 4.47. The first-order chi connectivity index (χ1) is 9.00. The summed E-state index contributed by atoms with van der Waals surface area (Å²) in [5, 5.41) is 0. The summed E-state index contributed by atoms with van der Waals surface area (Å²) in [7, 11) is -3.49. The van der Waals surface area contributed by atoms with Crippen molar-refractivity contribution in [2.45, 2.75) is 37.5 Å². The summed E-state index contributed by atoms with van der Waals surface area (Å²) in [6.07, 6.45) is 4.76. The van der Waals surface area contributed by atoms with Crippen molar-refractivity contribution in [3.05, 3.63) is 24.3 Å². The Morgan fingerprint density at radius 2 is 1.95 bits per heavy atom. The van der Waals surface area contributed by atoms with Gasteiger partial charge in [0.2, 0.25) is 10.0 Å². The van der Waals surface area contributed by atoms with E-state index in [1.54, 1.807) is 24.3 Å². The van der Waals surface area contributed by atoms with E-state index in [4.69, 9.17) is 5.73 Å². The molecule has 2 rings (SSSR count). The molecule has 1 saturated carbocycles. The van der Waals surface area contributed by atoms with E-state index in [9.17, 15) is 8.42 Å². The summed E-state index contributed by atoms with van der Waals surface area (Å²) < 4.78 is 27.1. The van der Waals surface area contributed by atoms with E-state index >= 15 is 0 Å². The molecular formula is C14H22N2O2S. The van der Waals surface area contributed by atoms with Crippen LogP contribution in [0.4, 0.5) is 5.69 Å². The summed E-state index contributed by atoms with van der Waals surface area (Å²) in [5.41, 5.74) is 6.02. The van der Waals surface area contributed by atoms with Crippen LogP contribution in [0.25, 0.3) is 0 Å². The normalized spacial score (nSPS) is 24.3. The first-order valence-electron chi connectivity index (χ1n) is 6.85. The first kappa shape index (κ1) is 14.3. The second kappa shape index (κ2) is 5.92. The van der Waals surface area contributed by atoms with Crippen LogP contribution in [0.3, 0.4) is 0 Å². The molecule has 0 spiro atoms. The number of nitrogens with one attached hydrogen (secondary N) is 1. The van der Waals surface area contributed by atoms with Gasteiger partial charge in [0.1, 0.15) is 4.90 Å². The lowest BCUT2D eigenvalue weighted by molar-refractivity contribution is 0.257. The van der Waals surface area contributed by atoms with Crippen molar-refractivity contribution < 1.29 is 8.42 Å². The molecule has 0 amide bonds. The maximum Gasteiger partial charge on any atom is 0.242 e. The molecule has 1 aliphatic carbocycles. The largest absolute Gasteiger partial charge is 0.398 e. The van der Waals surface area contributed by atoms with Crippen molar-refractivity contribution >= 4 is 15.7 Å². The van der Waals surface area contributed by atoms with Gasteiger partial charge >= 0.3 is 0 Å². The lowest BCUT2D eigenvalue weighted by Gasteiger charge is -2.28. The Bertz CT molecular complexity index is 528. The van der Waals surface area contributed by atoms with Gasteiger partial charge in [-0.05, 0) is 30.4 Å². The second-order valence-electron chi connectivity index (χ2n) is 5.41. The molecule has 1 aromatic carbocycles. The van der Waals surface area contributed by atoms with E-state index in [-0.39, 0.29) is 4.90 Å². The molecule has 0 bridgehead atoms. The van der Waals surface area contributed by atoms with E-state index < -0.39 is 10.0 Å². The quantitative estimate of drug-likeness (QED) is 0.833. The molecule has 3 N–H and O–H groups in total. The minimum Gasteiger partial charge on any atom is -0.398 e. The zero-order valence-corrected chi connectivity index (χ0v) is 12.1. The molecule has 1 fully saturated rings.